The van der Waals surface area contributed by atoms with Crippen molar-refractivity contribution in [2.75, 3.05) is 6.54 Å². The number of likely N-dealkylation sites (tertiary alicyclic amines) is 1. The van der Waals surface area contributed by atoms with Crippen LogP contribution in [-0.4, -0.2) is 23.5 Å². The molecule has 20 heavy (non-hydrogen) atoms. The zero-order valence-corrected chi connectivity index (χ0v) is 13.5. The first-order valence-corrected chi connectivity index (χ1v) is 8.12. The third kappa shape index (κ3) is 4.35. The molecule has 1 aromatic rings. The van der Waals surface area contributed by atoms with Gasteiger partial charge in [-0.2, -0.15) is 0 Å². The second-order valence-electron chi connectivity index (χ2n) is 6.50. The molecule has 0 radical (unpaired) electrons. The fraction of sp³-hybridized carbons (Fsp3) is 0.765. The van der Waals surface area contributed by atoms with Crippen molar-refractivity contribution in [1.82, 2.24) is 10.2 Å². The normalized spacial score (nSPS) is 21.4. The first-order valence-electron chi connectivity index (χ1n) is 8.12. The minimum atomic E-state index is 0.495. The first kappa shape index (κ1) is 15.6. The Morgan fingerprint density at radius 1 is 1.35 bits per heavy atom. The van der Waals surface area contributed by atoms with Crippen LogP contribution < -0.4 is 5.32 Å². The third-order valence-corrected chi connectivity index (χ3v) is 4.32. The van der Waals surface area contributed by atoms with Gasteiger partial charge in [0, 0.05) is 24.2 Å². The van der Waals surface area contributed by atoms with E-state index in [1.807, 2.05) is 0 Å². The molecular formula is C17H30N2O. The summed E-state index contributed by atoms with van der Waals surface area (Å²) in [4.78, 5) is 2.62. The topological polar surface area (TPSA) is 28.4 Å². The van der Waals surface area contributed by atoms with E-state index >= 15 is 0 Å². The first-order chi connectivity index (χ1) is 9.56. The Bertz CT molecular complexity index is 411. The molecule has 0 bridgehead atoms. The molecule has 1 unspecified atom stereocenters. The lowest BCUT2D eigenvalue weighted by Gasteiger charge is -2.26. The Balaban J connectivity index is 1.97. The Morgan fingerprint density at radius 2 is 2.15 bits per heavy atom. The van der Waals surface area contributed by atoms with Crippen molar-refractivity contribution >= 4 is 0 Å². The number of hydrogen-bond acceptors (Lipinski definition) is 3. The lowest BCUT2D eigenvalue weighted by atomic mass is 10.1. The highest BCUT2D eigenvalue weighted by Gasteiger charge is 2.19. The summed E-state index contributed by atoms with van der Waals surface area (Å²) in [5.41, 5.74) is 1.36. The average Bonchev–Trinajstić information content (AvgIpc) is 2.61. The molecule has 2 heterocycles. The molecule has 114 valence electrons. The second-order valence-corrected chi connectivity index (χ2v) is 6.50. The van der Waals surface area contributed by atoms with Crippen molar-refractivity contribution in [1.29, 1.82) is 0 Å². The molecule has 1 aliphatic rings. The predicted molar refractivity (Wildman–Crippen MR) is 83.8 cm³/mol. The number of nitrogens with zero attached hydrogens (tertiary/aromatic N) is 1. The number of nitrogens with one attached hydrogen (secondary N) is 1. The smallest absolute Gasteiger partial charge is 0.118 e. The molecule has 0 saturated carbocycles. The highest BCUT2D eigenvalue weighted by molar-refractivity contribution is 5.21. The van der Waals surface area contributed by atoms with Crippen LogP contribution in [0.25, 0.3) is 0 Å². The molecule has 0 aliphatic carbocycles. The quantitative estimate of drug-likeness (QED) is 0.887. The van der Waals surface area contributed by atoms with Crippen molar-refractivity contribution in [3.05, 3.63) is 23.2 Å². The fourth-order valence-corrected chi connectivity index (χ4v) is 2.92. The van der Waals surface area contributed by atoms with Crippen LogP contribution in [0.1, 0.15) is 63.5 Å². The van der Waals surface area contributed by atoms with Gasteiger partial charge in [-0.15, -0.1) is 0 Å². The molecule has 1 atom stereocenters. The molecule has 2 rings (SSSR count). The van der Waals surface area contributed by atoms with Crippen molar-refractivity contribution in [2.24, 2.45) is 0 Å². The average molecular weight is 278 g/mol. The summed E-state index contributed by atoms with van der Waals surface area (Å²) >= 11 is 0. The van der Waals surface area contributed by atoms with Crippen LogP contribution in [-0.2, 0) is 13.1 Å². The van der Waals surface area contributed by atoms with Gasteiger partial charge in [0.15, 0.2) is 0 Å². The number of rotatable bonds is 5. The van der Waals surface area contributed by atoms with Crippen LogP contribution in [0.3, 0.4) is 0 Å². The molecule has 1 saturated heterocycles. The van der Waals surface area contributed by atoms with Gasteiger partial charge in [0.2, 0.25) is 0 Å². The molecule has 1 fully saturated rings. The molecule has 0 aromatic carbocycles. The van der Waals surface area contributed by atoms with Gasteiger partial charge in [0.25, 0.3) is 0 Å². The van der Waals surface area contributed by atoms with Gasteiger partial charge < -0.3 is 9.73 Å². The maximum absolute atomic E-state index is 5.88. The summed E-state index contributed by atoms with van der Waals surface area (Å²) in [6.07, 6.45) is 5.43. The van der Waals surface area contributed by atoms with Crippen LogP contribution in [0.5, 0.6) is 0 Å². The van der Waals surface area contributed by atoms with Gasteiger partial charge >= 0.3 is 0 Å². The van der Waals surface area contributed by atoms with Crippen LogP contribution in [0.4, 0.5) is 0 Å². The monoisotopic (exact) mass is 278 g/mol. The van der Waals surface area contributed by atoms with Gasteiger partial charge in [-0.05, 0) is 39.3 Å². The number of furan rings is 1. The summed E-state index contributed by atoms with van der Waals surface area (Å²) in [5.74, 6) is 2.15. The highest BCUT2D eigenvalue weighted by atomic mass is 16.3. The Morgan fingerprint density at radius 3 is 2.90 bits per heavy atom. The Labute approximate surface area is 123 Å². The largest absolute Gasteiger partial charge is 0.465 e. The summed E-state index contributed by atoms with van der Waals surface area (Å²) < 4.78 is 5.88. The molecule has 1 aromatic heterocycles. The van der Waals surface area contributed by atoms with E-state index < -0.39 is 0 Å². The molecule has 0 spiro atoms. The summed E-state index contributed by atoms with van der Waals surface area (Å²) in [6, 6.07) is 3.43. The van der Waals surface area contributed by atoms with E-state index in [0.29, 0.717) is 12.1 Å². The van der Waals surface area contributed by atoms with Gasteiger partial charge in [0.05, 0.1) is 6.54 Å². The molecule has 0 amide bonds. The molecular weight excluding hydrogens is 248 g/mol. The van der Waals surface area contributed by atoms with E-state index in [2.05, 4.69) is 44.0 Å². The van der Waals surface area contributed by atoms with Gasteiger partial charge in [-0.1, -0.05) is 26.7 Å². The zero-order valence-electron chi connectivity index (χ0n) is 13.5. The van der Waals surface area contributed by atoms with Crippen molar-refractivity contribution in [3.63, 3.8) is 0 Å². The third-order valence-electron chi connectivity index (χ3n) is 4.32. The van der Waals surface area contributed by atoms with Gasteiger partial charge in [0.1, 0.15) is 11.5 Å². The predicted octanol–water partition coefficient (Wildman–Crippen LogP) is 3.85. The van der Waals surface area contributed by atoms with Crippen LogP contribution in [0, 0.1) is 6.92 Å². The summed E-state index contributed by atoms with van der Waals surface area (Å²) in [6.45, 7) is 11.9. The Hall–Kier alpha value is -0.800. The summed E-state index contributed by atoms with van der Waals surface area (Å²) in [5, 5.41) is 3.42. The van der Waals surface area contributed by atoms with E-state index in [-0.39, 0.29) is 0 Å². The number of hydrogen-bond donors (Lipinski definition) is 1. The Kier molecular flexibility index (Phi) is 5.67. The standard InChI is InChI=1S/C17H30N2O/c1-13(2)18-11-17-10-16(15(4)20-17)12-19-9-7-5-6-8-14(19)3/h10,13-14,18H,5-9,11-12H2,1-4H3. The maximum atomic E-state index is 5.88. The van der Waals surface area contributed by atoms with E-state index in [1.165, 1.54) is 37.8 Å². The van der Waals surface area contributed by atoms with Crippen LogP contribution >= 0.6 is 0 Å². The SMILES string of the molecule is Cc1oc(CNC(C)C)cc1CN1CCCCCC1C. The molecule has 1 aliphatic heterocycles. The van der Waals surface area contributed by atoms with Crippen molar-refractivity contribution in [2.45, 2.75) is 78.6 Å². The lowest BCUT2D eigenvalue weighted by molar-refractivity contribution is 0.204. The summed E-state index contributed by atoms with van der Waals surface area (Å²) in [7, 11) is 0. The molecule has 3 nitrogen and oxygen atoms in total. The van der Waals surface area contributed by atoms with E-state index in [4.69, 9.17) is 4.42 Å². The molecule has 3 heteroatoms. The van der Waals surface area contributed by atoms with Crippen molar-refractivity contribution in [3.8, 4) is 0 Å². The molecule has 1 N–H and O–H groups in total. The van der Waals surface area contributed by atoms with E-state index in [9.17, 15) is 0 Å². The van der Waals surface area contributed by atoms with E-state index in [1.54, 1.807) is 0 Å². The van der Waals surface area contributed by atoms with Crippen molar-refractivity contribution < 1.29 is 4.42 Å². The van der Waals surface area contributed by atoms with Gasteiger partial charge in [-0.3, -0.25) is 4.90 Å². The minimum Gasteiger partial charge on any atom is -0.465 e. The maximum Gasteiger partial charge on any atom is 0.118 e. The lowest BCUT2D eigenvalue weighted by Crippen LogP contribution is -2.32. The van der Waals surface area contributed by atoms with E-state index in [0.717, 1.165) is 24.6 Å². The number of aryl methyl sites for hydroxylation is 1. The van der Waals surface area contributed by atoms with Crippen LogP contribution in [0.2, 0.25) is 0 Å². The minimum absolute atomic E-state index is 0.495. The fourth-order valence-electron chi connectivity index (χ4n) is 2.92. The zero-order chi connectivity index (χ0) is 14.5. The second kappa shape index (κ2) is 7.28. The highest BCUT2D eigenvalue weighted by Crippen LogP contribution is 2.22. The van der Waals surface area contributed by atoms with Gasteiger partial charge in [-0.25, -0.2) is 0 Å². The van der Waals surface area contributed by atoms with Crippen LogP contribution in [0.15, 0.2) is 10.5 Å².